The molecular formula is C18H23ClN2OS. The van der Waals surface area contributed by atoms with Crippen LogP contribution in [0.15, 0.2) is 54.6 Å². The third kappa shape index (κ3) is 5.27. The highest BCUT2D eigenvalue weighted by Gasteiger charge is 2.30. The van der Waals surface area contributed by atoms with E-state index in [9.17, 15) is 4.79 Å². The fourth-order valence-corrected chi connectivity index (χ4v) is 2.59. The van der Waals surface area contributed by atoms with Gasteiger partial charge in [-0.25, -0.2) is 0 Å². The van der Waals surface area contributed by atoms with E-state index >= 15 is 0 Å². The van der Waals surface area contributed by atoms with Gasteiger partial charge in [0, 0.05) is 5.69 Å². The average Bonchev–Trinajstić information content (AvgIpc) is 2.55. The molecule has 0 radical (unpaired) electrons. The topological polar surface area (TPSA) is 55.1 Å². The molecule has 0 aliphatic heterocycles. The normalized spacial score (nSPS) is 12.8. The van der Waals surface area contributed by atoms with Crippen molar-refractivity contribution in [3.05, 3.63) is 65.7 Å². The third-order valence-electron chi connectivity index (χ3n) is 3.65. The van der Waals surface area contributed by atoms with Crippen molar-refractivity contribution >= 4 is 35.8 Å². The first-order valence-electron chi connectivity index (χ1n) is 7.28. The lowest BCUT2D eigenvalue weighted by Gasteiger charge is -2.24. The van der Waals surface area contributed by atoms with Crippen LogP contribution in [0.4, 0.5) is 5.69 Å². The minimum Gasteiger partial charge on any atom is -0.324 e. The smallest absolute Gasteiger partial charge is 0.248 e. The number of aryl methyl sites for hydroxylation is 1. The molecule has 1 atom stereocenters. The Kier molecular flexibility index (Phi) is 7.62. The first kappa shape index (κ1) is 19.6. The summed E-state index contributed by atoms with van der Waals surface area (Å²) in [7, 11) is 0. The van der Waals surface area contributed by atoms with E-state index in [4.69, 9.17) is 5.73 Å². The number of thioether (sulfide) groups is 1. The molecule has 124 valence electrons. The first-order chi connectivity index (χ1) is 10.5. The Balaban J connectivity index is 0.00000264. The molecule has 2 aromatic rings. The highest BCUT2D eigenvalue weighted by atomic mass is 35.5. The van der Waals surface area contributed by atoms with Gasteiger partial charge in [-0.1, -0.05) is 42.5 Å². The lowest BCUT2D eigenvalue weighted by atomic mass is 9.92. The Morgan fingerprint density at radius 2 is 1.74 bits per heavy atom. The van der Waals surface area contributed by atoms with Crippen molar-refractivity contribution in [3.63, 3.8) is 0 Å². The van der Waals surface area contributed by atoms with Gasteiger partial charge in [0.2, 0.25) is 5.91 Å². The van der Waals surface area contributed by atoms with E-state index in [1.54, 1.807) is 6.92 Å². The van der Waals surface area contributed by atoms with E-state index in [-0.39, 0.29) is 18.3 Å². The van der Waals surface area contributed by atoms with E-state index in [0.29, 0.717) is 0 Å². The Morgan fingerprint density at radius 1 is 1.13 bits per heavy atom. The molecule has 0 spiro atoms. The molecule has 0 heterocycles. The molecule has 2 aromatic carbocycles. The van der Waals surface area contributed by atoms with E-state index < -0.39 is 5.54 Å². The number of nitrogens with two attached hydrogens (primary N) is 1. The highest BCUT2D eigenvalue weighted by Crippen LogP contribution is 2.20. The molecule has 3 nitrogen and oxygen atoms in total. The summed E-state index contributed by atoms with van der Waals surface area (Å²) >= 11 is 1.83. The summed E-state index contributed by atoms with van der Waals surface area (Å²) in [5.74, 6) is 0.885. The van der Waals surface area contributed by atoms with Crippen LogP contribution in [0.3, 0.4) is 0 Å². The number of carbonyl (C=O) groups is 1. The molecule has 0 fully saturated rings. The molecular weight excluding hydrogens is 328 g/mol. The number of hydrogen-bond donors (Lipinski definition) is 2. The predicted molar refractivity (Wildman–Crippen MR) is 102 cm³/mol. The summed E-state index contributed by atoms with van der Waals surface area (Å²) in [4.78, 5) is 12.5. The molecule has 1 amide bonds. The van der Waals surface area contributed by atoms with Crippen molar-refractivity contribution in [1.29, 1.82) is 0 Å². The summed E-state index contributed by atoms with van der Waals surface area (Å²) in [6.45, 7) is 1.73. The minimum absolute atomic E-state index is 0. The highest BCUT2D eigenvalue weighted by molar-refractivity contribution is 7.98. The van der Waals surface area contributed by atoms with E-state index in [0.717, 1.165) is 23.4 Å². The predicted octanol–water partition coefficient (Wildman–Crippen LogP) is 3.83. The SMILES string of the molecule is CSCCc1ccc(NC(=O)C(C)(N)c2ccccc2)cc1.Cl. The Bertz CT molecular complexity index is 615. The summed E-state index contributed by atoms with van der Waals surface area (Å²) in [6.07, 6.45) is 3.13. The fourth-order valence-electron chi connectivity index (χ4n) is 2.15. The lowest BCUT2D eigenvalue weighted by Crippen LogP contribution is -2.45. The van der Waals surface area contributed by atoms with Gasteiger partial charge in [-0.2, -0.15) is 11.8 Å². The maximum atomic E-state index is 12.5. The quantitative estimate of drug-likeness (QED) is 0.832. The number of nitrogens with one attached hydrogen (secondary N) is 1. The van der Waals surface area contributed by atoms with Crippen molar-refractivity contribution in [3.8, 4) is 0 Å². The van der Waals surface area contributed by atoms with Crippen molar-refractivity contribution in [2.45, 2.75) is 18.9 Å². The largest absolute Gasteiger partial charge is 0.324 e. The van der Waals surface area contributed by atoms with E-state index in [2.05, 4.69) is 11.6 Å². The van der Waals surface area contributed by atoms with Crippen LogP contribution in [0.25, 0.3) is 0 Å². The number of amides is 1. The van der Waals surface area contributed by atoms with Gasteiger partial charge in [-0.15, -0.1) is 12.4 Å². The number of rotatable bonds is 6. The first-order valence-corrected chi connectivity index (χ1v) is 8.67. The van der Waals surface area contributed by atoms with Gasteiger partial charge < -0.3 is 11.1 Å². The molecule has 0 aliphatic carbocycles. The number of halogens is 1. The van der Waals surface area contributed by atoms with Gasteiger partial charge in [0.15, 0.2) is 0 Å². The van der Waals surface area contributed by atoms with Gasteiger partial charge in [0.1, 0.15) is 5.54 Å². The van der Waals surface area contributed by atoms with E-state index in [1.165, 1.54) is 5.56 Å². The molecule has 0 aromatic heterocycles. The fraction of sp³-hybridized carbons (Fsp3) is 0.278. The van der Waals surface area contributed by atoms with Crippen LogP contribution in [0.1, 0.15) is 18.1 Å². The molecule has 23 heavy (non-hydrogen) atoms. The van der Waals surface area contributed by atoms with Crippen LogP contribution in [0, 0.1) is 0 Å². The van der Waals surface area contributed by atoms with Crippen LogP contribution < -0.4 is 11.1 Å². The zero-order chi connectivity index (χ0) is 16.0. The van der Waals surface area contributed by atoms with Crippen LogP contribution in [-0.2, 0) is 16.8 Å². The second kappa shape index (κ2) is 8.96. The minimum atomic E-state index is -1.06. The summed E-state index contributed by atoms with van der Waals surface area (Å²) in [5, 5.41) is 2.89. The second-order valence-corrected chi connectivity index (χ2v) is 6.45. The Morgan fingerprint density at radius 3 is 2.30 bits per heavy atom. The molecule has 0 saturated heterocycles. The maximum Gasteiger partial charge on any atom is 0.248 e. The van der Waals surface area contributed by atoms with Crippen LogP contribution in [-0.4, -0.2) is 17.9 Å². The van der Waals surface area contributed by atoms with Crippen LogP contribution >= 0.6 is 24.2 Å². The molecule has 0 saturated carbocycles. The number of carbonyl (C=O) groups excluding carboxylic acids is 1. The molecule has 3 N–H and O–H groups in total. The van der Waals surface area contributed by atoms with Gasteiger partial charge in [-0.05, 0) is 48.6 Å². The average molecular weight is 351 g/mol. The summed E-state index contributed by atoms with van der Waals surface area (Å²) in [5.41, 5.74) is 7.99. The van der Waals surface area contributed by atoms with Gasteiger partial charge in [-0.3, -0.25) is 4.79 Å². The maximum absolute atomic E-state index is 12.5. The summed E-state index contributed by atoms with van der Waals surface area (Å²) < 4.78 is 0. The van der Waals surface area contributed by atoms with Gasteiger partial charge in [0.05, 0.1) is 0 Å². The standard InChI is InChI=1S/C18H22N2OS.ClH/c1-18(19,15-6-4-3-5-7-15)17(21)20-16-10-8-14(9-11-16)12-13-22-2;/h3-11H,12-13,19H2,1-2H3,(H,20,21);1H. The zero-order valence-electron chi connectivity index (χ0n) is 13.4. The van der Waals surface area contributed by atoms with Gasteiger partial charge >= 0.3 is 0 Å². The number of hydrogen-bond acceptors (Lipinski definition) is 3. The van der Waals surface area contributed by atoms with Crippen molar-refractivity contribution in [2.24, 2.45) is 5.73 Å². The Labute approximate surface area is 148 Å². The Hall–Kier alpha value is -1.49. The van der Waals surface area contributed by atoms with Crippen LogP contribution in [0.5, 0.6) is 0 Å². The molecule has 0 aliphatic rings. The van der Waals surface area contributed by atoms with Crippen molar-refractivity contribution in [1.82, 2.24) is 0 Å². The third-order valence-corrected chi connectivity index (χ3v) is 4.26. The summed E-state index contributed by atoms with van der Waals surface area (Å²) in [6, 6.07) is 17.3. The lowest BCUT2D eigenvalue weighted by molar-refractivity contribution is -0.120. The van der Waals surface area contributed by atoms with E-state index in [1.807, 2.05) is 66.4 Å². The molecule has 0 bridgehead atoms. The van der Waals surface area contributed by atoms with Crippen molar-refractivity contribution < 1.29 is 4.79 Å². The number of benzene rings is 2. The monoisotopic (exact) mass is 350 g/mol. The van der Waals surface area contributed by atoms with Crippen molar-refractivity contribution in [2.75, 3.05) is 17.3 Å². The molecule has 5 heteroatoms. The number of anilines is 1. The second-order valence-electron chi connectivity index (χ2n) is 5.46. The van der Waals surface area contributed by atoms with Gasteiger partial charge in [0.25, 0.3) is 0 Å². The molecule has 2 rings (SSSR count). The molecule has 1 unspecified atom stereocenters. The zero-order valence-corrected chi connectivity index (χ0v) is 15.0. The van der Waals surface area contributed by atoms with Crippen LogP contribution in [0.2, 0.25) is 0 Å².